The summed E-state index contributed by atoms with van der Waals surface area (Å²) in [5.74, 6) is 3.08. The SMILES string of the molecule is COCO[C@H]1CC2C(CCC3=CC(=O)CC[C@@]32C)C2CC[C@H]([C@H](C)CCC(=O)OC)[C@]21C. The lowest BCUT2D eigenvalue weighted by Crippen LogP contribution is -2.57. The molecule has 0 heterocycles. The minimum Gasteiger partial charge on any atom is -0.469 e. The minimum atomic E-state index is -0.112. The maximum absolute atomic E-state index is 12.2. The normalized spacial score (nSPS) is 41.8. The van der Waals surface area contributed by atoms with Crippen LogP contribution in [0.1, 0.15) is 78.6 Å². The van der Waals surface area contributed by atoms with Crippen molar-refractivity contribution in [2.75, 3.05) is 21.0 Å². The summed E-state index contributed by atoms with van der Waals surface area (Å²) in [6, 6.07) is 0. The molecule has 3 fully saturated rings. The van der Waals surface area contributed by atoms with Crippen molar-refractivity contribution in [2.45, 2.75) is 84.7 Å². The summed E-state index contributed by atoms with van der Waals surface area (Å²) >= 11 is 0. The molecule has 4 aliphatic carbocycles. The molecule has 3 saturated carbocycles. The standard InChI is InChI=1S/C27H42O5/c1-17(6-11-25(29)31-5)21-9-10-22-20-8-7-18-14-19(28)12-13-26(18,2)23(20)15-24(27(21,22)3)32-16-30-4/h14,17,20-24H,6-13,15-16H2,1-5H3/t17-,20?,21-,22?,23?,24+,26+,27-/m1/s1. The van der Waals surface area contributed by atoms with Crippen LogP contribution in [0.3, 0.4) is 0 Å². The highest BCUT2D eigenvalue weighted by Crippen LogP contribution is 2.68. The van der Waals surface area contributed by atoms with Crippen molar-refractivity contribution in [1.29, 1.82) is 0 Å². The van der Waals surface area contributed by atoms with Gasteiger partial charge in [0.1, 0.15) is 6.79 Å². The summed E-state index contributed by atoms with van der Waals surface area (Å²) < 4.78 is 16.7. The maximum atomic E-state index is 12.2. The van der Waals surface area contributed by atoms with Crippen LogP contribution < -0.4 is 0 Å². The van der Waals surface area contributed by atoms with Gasteiger partial charge >= 0.3 is 5.97 Å². The average molecular weight is 447 g/mol. The van der Waals surface area contributed by atoms with Gasteiger partial charge in [-0.25, -0.2) is 0 Å². The number of ether oxygens (including phenoxy) is 3. The lowest BCUT2D eigenvalue weighted by atomic mass is 9.45. The van der Waals surface area contributed by atoms with Gasteiger partial charge in [0.15, 0.2) is 5.78 Å². The van der Waals surface area contributed by atoms with Crippen LogP contribution in [0, 0.1) is 40.4 Å². The zero-order chi connectivity index (χ0) is 23.1. The zero-order valence-electron chi connectivity index (χ0n) is 20.7. The molecule has 0 saturated heterocycles. The Labute approximate surface area is 193 Å². The second-order valence-corrected chi connectivity index (χ2v) is 11.4. The van der Waals surface area contributed by atoms with Crippen LogP contribution in [0.5, 0.6) is 0 Å². The van der Waals surface area contributed by atoms with Gasteiger partial charge in [-0.05, 0) is 86.0 Å². The molecule has 0 aliphatic heterocycles. The fourth-order valence-corrected chi connectivity index (χ4v) is 8.51. The van der Waals surface area contributed by atoms with Crippen molar-refractivity contribution in [2.24, 2.45) is 40.4 Å². The largest absolute Gasteiger partial charge is 0.469 e. The van der Waals surface area contributed by atoms with Gasteiger partial charge in [0, 0.05) is 25.4 Å². The third-order valence-electron chi connectivity index (χ3n) is 10.2. The molecule has 5 nitrogen and oxygen atoms in total. The van der Waals surface area contributed by atoms with E-state index in [-0.39, 0.29) is 22.9 Å². The highest BCUT2D eigenvalue weighted by molar-refractivity contribution is 5.91. The van der Waals surface area contributed by atoms with Gasteiger partial charge in [0.2, 0.25) is 0 Å². The highest BCUT2D eigenvalue weighted by Gasteiger charge is 2.63. The van der Waals surface area contributed by atoms with E-state index in [2.05, 4.69) is 20.8 Å². The Morgan fingerprint density at radius 2 is 1.94 bits per heavy atom. The molecule has 4 rings (SSSR count). The third kappa shape index (κ3) is 3.87. The quantitative estimate of drug-likeness (QED) is 0.391. The van der Waals surface area contributed by atoms with Gasteiger partial charge in [-0.15, -0.1) is 0 Å². The van der Waals surface area contributed by atoms with Crippen molar-refractivity contribution in [3.8, 4) is 0 Å². The minimum absolute atomic E-state index is 0.0945. The van der Waals surface area contributed by atoms with E-state index in [1.807, 2.05) is 6.08 Å². The summed E-state index contributed by atoms with van der Waals surface area (Å²) in [5, 5.41) is 0. The second-order valence-electron chi connectivity index (χ2n) is 11.4. The number of ketones is 1. The van der Waals surface area contributed by atoms with Crippen molar-refractivity contribution in [3.05, 3.63) is 11.6 Å². The van der Waals surface area contributed by atoms with E-state index in [4.69, 9.17) is 14.2 Å². The van der Waals surface area contributed by atoms with E-state index in [0.29, 0.717) is 55.0 Å². The molecular formula is C27H42O5. The summed E-state index contributed by atoms with van der Waals surface area (Å²) in [7, 11) is 3.17. The summed E-state index contributed by atoms with van der Waals surface area (Å²) in [6.07, 6.45) is 10.9. The first-order chi connectivity index (χ1) is 15.3. The number of carbonyl (C=O) groups excluding carboxylic acids is 2. The van der Waals surface area contributed by atoms with Gasteiger partial charge in [-0.2, -0.15) is 0 Å². The van der Waals surface area contributed by atoms with Gasteiger partial charge in [0.25, 0.3) is 0 Å². The van der Waals surface area contributed by atoms with Gasteiger partial charge in [0.05, 0.1) is 13.2 Å². The topological polar surface area (TPSA) is 61.8 Å². The van der Waals surface area contributed by atoms with Crippen LogP contribution in [-0.4, -0.2) is 38.9 Å². The molecule has 0 bridgehead atoms. The first-order valence-corrected chi connectivity index (χ1v) is 12.7. The lowest BCUT2D eigenvalue weighted by Gasteiger charge is -2.61. The predicted octanol–water partition coefficient (Wildman–Crippen LogP) is 5.32. The lowest BCUT2D eigenvalue weighted by molar-refractivity contribution is -0.193. The Balaban J connectivity index is 1.62. The maximum Gasteiger partial charge on any atom is 0.305 e. The Morgan fingerprint density at radius 1 is 1.16 bits per heavy atom. The van der Waals surface area contributed by atoms with E-state index in [1.54, 1.807) is 7.11 Å². The van der Waals surface area contributed by atoms with Crippen molar-refractivity contribution >= 4 is 11.8 Å². The van der Waals surface area contributed by atoms with E-state index in [1.165, 1.54) is 31.9 Å². The average Bonchev–Trinajstić information content (AvgIpc) is 3.14. The number of hydrogen-bond donors (Lipinski definition) is 0. The van der Waals surface area contributed by atoms with Crippen molar-refractivity contribution in [3.63, 3.8) is 0 Å². The van der Waals surface area contributed by atoms with Crippen LogP contribution in [0.25, 0.3) is 0 Å². The second kappa shape index (κ2) is 9.21. The molecule has 0 N–H and O–H groups in total. The highest BCUT2D eigenvalue weighted by atomic mass is 16.7. The van der Waals surface area contributed by atoms with Gasteiger partial charge < -0.3 is 14.2 Å². The van der Waals surface area contributed by atoms with Gasteiger partial charge in [-0.1, -0.05) is 26.3 Å². The molecule has 3 unspecified atom stereocenters. The van der Waals surface area contributed by atoms with Crippen LogP contribution in [0.2, 0.25) is 0 Å². The molecule has 180 valence electrons. The Morgan fingerprint density at radius 3 is 2.66 bits per heavy atom. The Bertz CT molecular complexity index is 759. The molecule has 5 heteroatoms. The number of carbonyl (C=O) groups is 2. The van der Waals surface area contributed by atoms with E-state index in [0.717, 1.165) is 25.7 Å². The number of rotatable bonds is 7. The molecule has 0 spiro atoms. The molecule has 0 radical (unpaired) electrons. The monoisotopic (exact) mass is 446 g/mol. The summed E-state index contributed by atoms with van der Waals surface area (Å²) in [4.78, 5) is 23.9. The first-order valence-electron chi connectivity index (χ1n) is 12.7. The number of allylic oxidation sites excluding steroid dienone is 1. The molecule has 0 amide bonds. The fourth-order valence-electron chi connectivity index (χ4n) is 8.51. The van der Waals surface area contributed by atoms with E-state index < -0.39 is 0 Å². The Kier molecular flexibility index (Phi) is 6.89. The van der Waals surface area contributed by atoms with Crippen LogP contribution in [-0.2, 0) is 23.8 Å². The molecule has 0 aromatic heterocycles. The molecular weight excluding hydrogens is 404 g/mol. The molecule has 0 aromatic carbocycles. The van der Waals surface area contributed by atoms with Crippen molar-refractivity contribution in [1.82, 2.24) is 0 Å². The van der Waals surface area contributed by atoms with E-state index in [9.17, 15) is 9.59 Å². The number of esters is 1. The zero-order valence-corrected chi connectivity index (χ0v) is 20.7. The van der Waals surface area contributed by atoms with Crippen LogP contribution in [0.15, 0.2) is 11.6 Å². The molecule has 0 aromatic rings. The molecule has 32 heavy (non-hydrogen) atoms. The molecule has 4 aliphatic rings. The van der Waals surface area contributed by atoms with Crippen molar-refractivity contribution < 1.29 is 23.8 Å². The molecule has 8 atom stereocenters. The summed E-state index contributed by atoms with van der Waals surface area (Å²) in [6.45, 7) is 7.53. The third-order valence-corrected chi connectivity index (χ3v) is 10.2. The number of hydrogen-bond acceptors (Lipinski definition) is 5. The number of fused-ring (bicyclic) bond motifs is 5. The Hall–Kier alpha value is -1.20. The predicted molar refractivity (Wildman–Crippen MR) is 123 cm³/mol. The fraction of sp³-hybridized carbons (Fsp3) is 0.852. The number of methoxy groups -OCH3 is 2. The summed E-state index contributed by atoms with van der Waals surface area (Å²) in [5.41, 5.74) is 1.61. The van der Waals surface area contributed by atoms with E-state index >= 15 is 0 Å². The van der Waals surface area contributed by atoms with Crippen LogP contribution in [0.4, 0.5) is 0 Å². The smallest absolute Gasteiger partial charge is 0.305 e. The van der Waals surface area contributed by atoms with Gasteiger partial charge in [-0.3, -0.25) is 9.59 Å². The van der Waals surface area contributed by atoms with Crippen LogP contribution >= 0.6 is 0 Å². The first kappa shape index (κ1) is 23.9.